The van der Waals surface area contributed by atoms with E-state index in [2.05, 4.69) is 15.3 Å². The molecule has 0 aliphatic rings. The summed E-state index contributed by atoms with van der Waals surface area (Å²) in [5.74, 6) is 0.605. The van der Waals surface area contributed by atoms with E-state index in [1.54, 1.807) is 31.8 Å². The van der Waals surface area contributed by atoms with Crippen LogP contribution in [-0.2, 0) is 6.54 Å². The van der Waals surface area contributed by atoms with Gasteiger partial charge in [0.1, 0.15) is 0 Å². The maximum atomic E-state index is 6.00. The Bertz CT molecular complexity index is 487. The molecule has 0 fully saturated rings. The van der Waals surface area contributed by atoms with Crippen LogP contribution in [0.4, 0.5) is 5.69 Å². The summed E-state index contributed by atoms with van der Waals surface area (Å²) in [6, 6.07) is 5.52. The van der Waals surface area contributed by atoms with Crippen LogP contribution in [0.5, 0.6) is 5.88 Å². The number of anilines is 1. The van der Waals surface area contributed by atoms with Gasteiger partial charge in [0.25, 0.3) is 0 Å². The molecular weight excluding hydrogens is 238 g/mol. The third-order valence-corrected chi connectivity index (χ3v) is 2.59. The molecule has 0 saturated heterocycles. The van der Waals surface area contributed by atoms with Gasteiger partial charge in [0.15, 0.2) is 0 Å². The van der Waals surface area contributed by atoms with Crippen molar-refractivity contribution in [3.05, 3.63) is 47.4 Å². The lowest BCUT2D eigenvalue weighted by atomic mass is 10.3. The second-order valence-electron chi connectivity index (χ2n) is 3.42. The minimum atomic E-state index is 0.605. The molecule has 0 aliphatic heterocycles. The molecule has 5 heteroatoms. The molecule has 0 unspecified atom stereocenters. The lowest BCUT2D eigenvalue weighted by Crippen LogP contribution is -2.01. The van der Waals surface area contributed by atoms with Crippen LogP contribution in [0.25, 0.3) is 0 Å². The molecule has 0 spiro atoms. The molecule has 1 N–H and O–H groups in total. The molecule has 0 aliphatic carbocycles. The number of aromatic nitrogens is 2. The van der Waals surface area contributed by atoms with Crippen molar-refractivity contribution in [2.45, 2.75) is 6.54 Å². The molecule has 0 bridgehead atoms. The van der Waals surface area contributed by atoms with Crippen LogP contribution in [0, 0.1) is 0 Å². The van der Waals surface area contributed by atoms with Gasteiger partial charge >= 0.3 is 0 Å². The molecule has 4 nitrogen and oxygen atoms in total. The Morgan fingerprint density at radius 2 is 2.18 bits per heavy atom. The van der Waals surface area contributed by atoms with Crippen molar-refractivity contribution in [3.63, 3.8) is 0 Å². The Morgan fingerprint density at radius 1 is 1.29 bits per heavy atom. The van der Waals surface area contributed by atoms with E-state index in [1.807, 2.05) is 12.1 Å². The predicted octanol–water partition coefficient (Wildman–Crippen LogP) is 2.75. The molecule has 2 heterocycles. The molecule has 2 rings (SSSR count). The van der Waals surface area contributed by atoms with Gasteiger partial charge < -0.3 is 10.1 Å². The SMILES string of the molecule is COc1ccc(CNc2cnccc2Cl)cn1. The number of methoxy groups -OCH3 is 1. The van der Waals surface area contributed by atoms with Gasteiger partial charge in [0.2, 0.25) is 5.88 Å². The molecule has 0 aromatic carbocycles. The molecule has 17 heavy (non-hydrogen) atoms. The summed E-state index contributed by atoms with van der Waals surface area (Å²) in [4.78, 5) is 8.12. The largest absolute Gasteiger partial charge is 0.481 e. The van der Waals surface area contributed by atoms with Crippen LogP contribution < -0.4 is 10.1 Å². The van der Waals surface area contributed by atoms with Crippen LogP contribution in [0.1, 0.15) is 5.56 Å². The first-order chi connectivity index (χ1) is 8.29. The average molecular weight is 250 g/mol. The van der Waals surface area contributed by atoms with Crippen molar-refractivity contribution in [1.82, 2.24) is 9.97 Å². The summed E-state index contributed by atoms with van der Waals surface area (Å²) in [7, 11) is 1.59. The highest BCUT2D eigenvalue weighted by molar-refractivity contribution is 6.33. The van der Waals surface area contributed by atoms with Crippen LogP contribution in [0.2, 0.25) is 5.02 Å². The van der Waals surface area contributed by atoms with E-state index in [1.165, 1.54) is 0 Å². The highest BCUT2D eigenvalue weighted by atomic mass is 35.5. The Kier molecular flexibility index (Phi) is 3.77. The van der Waals surface area contributed by atoms with Gasteiger partial charge in [-0.25, -0.2) is 4.98 Å². The Hall–Kier alpha value is -1.81. The van der Waals surface area contributed by atoms with Crippen molar-refractivity contribution in [2.75, 3.05) is 12.4 Å². The van der Waals surface area contributed by atoms with Gasteiger partial charge in [-0.05, 0) is 11.6 Å². The van der Waals surface area contributed by atoms with Gasteiger partial charge in [-0.1, -0.05) is 17.7 Å². The number of nitrogens with one attached hydrogen (secondary N) is 1. The lowest BCUT2D eigenvalue weighted by Gasteiger charge is -2.07. The highest BCUT2D eigenvalue weighted by Crippen LogP contribution is 2.19. The second-order valence-corrected chi connectivity index (χ2v) is 3.83. The number of nitrogens with zero attached hydrogens (tertiary/aromatic N) is 2. The van der Waals surface area contributed by atoms with Crippen LogP contribution in [-0.4, -0.2) is 17.1 Å². The minimum absolute atomic E-state index is 0.605. The zero-order chi connectivity index (χ0) is 12.1. The molecule has 0 amide bonds. The van der Waals surface area contributed by atoms with Crippen molar-refractivity contribution < 1.29 is 4.74 Å². The van der Waals surface area contributed by atoms with E-state index in [4.69, 9.17) is 16.3 Å². The van der Waals surface area contributed by atoms with E-state index in [-0.39, 0.29) is 0 Å². The zero-order valence-corrected chi connectivity index (χ0v) is 10.1. The topological polar surface area (TPSA) is 47.0 Å². The summed E-state index contributed by atoms with van der Waals surface area (Å²) < 4.78 is 4.99. The van der Waals surface area contributed by atoms with E-state index < -0.39 is 0 Å². The molecular formula is C12H12ClN3O. The normalized spacial score (nSPS) is 10.0. The zero-order valence-electron chi connectivity index (χ0n) is 9.35. The average Bonchev–Trinajstić information content (AvgIpc) is 2.38. The molecule has 2 aromatic rings. The fourth-order valence-electron chi connectivity index (χ4n) is 1.34. The van der Waals surface area contributed by atoms with E-state index in [0.29, 0.717) is 17.4 Å². The third-order valence-electron chi connectivity index (χ3n) is 2.26. The number of pyridine rings is 2. The first-order valence-corrected chi connectivity index (χ1v) is 5.49. The second kappa shape index (κ2) is 5.50. The van der Waals surface area contributed by atoms with Gasteiger partial charge in [0.05, 0.1) is 24.0 Å². The number of hydrogen-bond acceptors (Lipinski definition) is 4. The molecule has 2 aromatic heterocycles. The maximum Gasteiger partial charge on any atom is 0.212 e. The van der Waals surface area contributed by atoms with Crippen LogP contribution >= 0.6 is 11.6 Å². The van der Waals surface area contributed by atoms with Crippen molar-refractivity contribution in [1.29, 1.82) is 0 Å². The Morgan fingerprint density at radius 3 is 2.82 bits per heavy atom. The van der Waals surface area contributed by atoms with Crippen LogP contribution in [0.15, 0.2) is 36.8 Å². The number of hydrogen-bond donors (Lipinski definition) is 1. The van der Waals surface area contributed by atoms with Crippen molar-refractivity contribution >= 4 is 17.3 Å². The van der Waals surface area contributed by atoms with Crippen molar-refractivity contribution in [3.8, 4) is 5.88 Å². The highest BCUT2D eigenvalue weighted by Gasteiger charge is 2.00. The number of rotatable bonds is 4. The molecule has 0 atom stereocenters. The summed E-state index contributed by atoms with van der Waals surface area (Å²) in [5.41, 5.74) is 1.86. The fourth-order valence-corrected chi connectivity index (χ4v) is 1.51. The molecule has 0 radical (unpaired) electrons. The first kappa shape index (κ1) is 11.7. The van der Waals surface area contributed by atoms with Gasteiger partial charge in [-0.15, -0.1) is 0 Å². The summed E-state index contributed by atoms with van der Waals surface area (Å²) in [6.45, 7) is 0.641. The Labute approximate surface area is 105 Å². The van der Waals surface area contributed by atoms with E-state index >= 15 is 0 Å². The monoisotopic (exact) mass is 249 g/mol. The summed E-state index contributed by atoms with van der Waals surface area (Å²) >= 11 is 6.00. The van der Waals surface area contributed by atoms with Crippen LogP contribution in [0.3, 0.4) is 0 Å². The van der Waals surface area contributed by atoms with Crippen molar-refractivity contribution in [2.24, 2.45) is 0 Å². The molecule has 88 valence electrons. The van der Waals surface area contributed by atoms with E-state index in [0.717, 1.165) is 11.3 Å². The number of halogens is 1. The van der Waals surface area contributed by atoms with E-state index in [9.17, 15) is 0 Å². The van der Waals surface area contributed by atoms with Gasteiger partial charge in [-0.3, -0.25) is 4.98 Å². The lowest BCUT2D eigenvalue weighted by molar-refractivity contribution is 0.397. The summed E-state index contributed by atoms with van der Waals surface area (Å²) in [6.07, 6.45) is 5.11. The molecule has 0 saturated carbocycles. The predicted molar refractivity (Wildman–Crippen MR) is 67.4 cm³/mol. The number of ether oxygens (including phenoxy) is 1. The summed E-state index contributed by atoms with van der Waals surface area (Å²) in [5, 5.41) is 3.85. The minimum Gasteiger partial charge on any atom is -0.481 e. The smallest absolute Gasteiger partial charge is 0.212 e. The van der Waals surface area contributed by atoms with Gasteiger partial charge in [0, 0.05) is 25.0 Å². The quantitative estimate of drug-likeness (QED) is 0.905. The maximum absolute atomic E-state index is 6.00. The standard InChI is InChI=1S/C12H12ClN3O/c1-17-12-3-2-9(7-16-12)6-15-11-8-14-5-4-10(11)13/h2-5,7-8,15H,6H2,1H3. The van der Waals surface area contributed by atoms with Gasteiger partial charge in [-0.2, -0.15) is 0 Å². The first-order valence-electron chi connectivity index (χ1n) is 5.12. The third kappa shape index (κ3) is 3.07. The fraction of sp³-hybridized carbons (Fsp3) is 0.167. The Balaban J connectivity index is 2.00.